The first-order chi connectivity index (χ1) is 21.3. The Kier molecular flexibility index (Phi) is 9.58. The number of likely N-dealkylation sites (N-methyl/N-ethyl adjacent to an activating group) is 1. The summed E-state index contributed by atoms with van der Waals surface area (Å²) >= 11 is 7.82. The van der Waals surface area contributed by atoms with Crippen molar-refractivity contribution in [2.45, 2.75) is 49.1 Å². The number of nitrogens with one attached hydrogen (secondary N) is 1. The SMILES string of the molecule is COc1cc(C(C)(C)c2cnc(SCc3c(F)cc(C(=O)N[C@H]4CCC[N+](C)(C)C4)cc3Cl)n2-c2ccc(F)cc2)ccc1F. The molecule has 1 aromatic heterocycles. The van der Waals surface area contributed by atoms with E-state index >= 15 is 4.39 Å². The molecule has 0 saturated carbocycles. The van der Waals surface area contributed by atoms with E-state index in [4.69, 9.17) is 16.3 Å². The molecule has 1 aliphatic heterocycles. The van der Waals surface area contributed by atoms with Gasteiger partial charge in [-0.2, -0.15) is 0 Å². The van der Waals surface area contributed by atoms with Crippen LogP contribution in [0.1, 0.15) is 53.9 Å². The summed E-state index contributed by atoms with van der Waals surface area (Å²) in [6.45, 7) is 5.81. The molecule has 0 spiro atoms. The molecule has 11 heteroatoms. The number of ether oxygens (including phenoxy) is 1. The Balaban J connectivity index is 1.42. The predicted octanol–water partition coefficient (Wildman–Crippen LogP) is 7.54. The molecule has 0 radical (unpaired) electrons. The third-order valence-electron chi connectivity index (χ3n) is 8.44. The Morgan fingerprint density at radius 1 is 1.11 bits per heavy atom. The second kappa shape index (κ2) is 13.1. The van der Waals surface area contributed by atoms with Crippen LogP contribution in [0.4, 0.5) is 13.2 Å². The lowest BCUT2D eigenvalue weighted by atomic mass is 9.81. The molecule has 1 aliphatic rings. The number of likely N-dealkylation sites (tertiary alicyclic amines) is 1. The Morgan fingerprint density at radius 3 is 2.51 bits per heavy atom. The fourth-order valence-corrected chi connectivity index (χ4v) is 7.23. The molecule has 2 heterocycles. The van der Waals surface area contributed by atoms with Crippen LogP contribution in [0.25, 0.3) is 5.69 Å². The summed E-state index contributed by atoms with van der Waals surface area (Å²) in [6.07, 6.45) is 3.60. The Bertz CT molecular complexity index is 1690. The monoisotopic (exact) mass is 657 g/mol. The van der Waals surface area contributed by atoms with Gasteiger partial charge in [0.1, 0.15) is 11.6 Å². The van der Waals surface area contributed by atoms with Crippen LogP contribution >= 0.6 is 23.4 Å². The molecule has 0 aliphatic carbocycles. The quantitative estimate of drug-likeness (QED) is 0.149. The van der Waals surface area contributed by atoms with Crippen molar-refractivity contribution >= 4 is 29.3 Å². The van der Waals surface area contributed by atoms with Crippen molar-refractivity contribution < 1.29 is 27.2 Å². The highest BCUT2D eigenvalue weighted by Gasteiger charge is 2.31. The number of piperidine rings is 1. The minimum absolute atomic E-state index is 0.0121. The van der Waals surface area contributed by atoms with Crippen LogP contribution in [-0.4, -0.2) is 60.3 Å². The van der Waals surface area contributed by atoms with Crippen LogP contribution < -0.4 is 10.1 Å². The van der Waals surface area contributed by atoms with Gasteiger partial charge in [-0.1, -0.05) is 43.3 Å². The van der Waals surface area contributed by atoms with Gasteiger partial charge >= 0.3 is 0 Å². The third kappa shape index (κ3) is 7.18. The number of quaternary nitrogens is 1. The standard InChI is InChI=1S/C34H36ClF3N4O2S/c1-34(2,22-8-13-28(37)30(17-22)44-5)31-18-39-33(41(31)25-11-9-23(36)10-12-25)45-20-26-27(35)15-21(16-29(26)38)32(43)40-24-7-6-14-42(3,4)19-24/h8-13,15-18,24H,6-7,14,19-20H2,1-5H3/p+1/t24-/m0/s1. The molecule has 4 aromatic rings. The van der Waals surface area contributed by atoms with Gasteiger partial charge in [0, 0.05) is 33.0 Å². The first-order valence-corrected chi connectivity index (χ1v) is 16.1. The Morgan fingerprint density at radius 2 is 1.84 bits per heavy atom. The topological polar surface area (TPSA) is 56.1 Å². The van der Waals surface area contributed by atoms with Crippen molar-refractivity contribution in [3.8, 4) is 11.4 Å². The molecule has 238 valence electrons. The van der Waals surface area contributed by atoms with Gasteiger partial charge in [-0.25, -0.2) is 18.2 Å². The van der Waals surface area contributed by atoms with Crippen LogP contribution in [0.5, 0.6) is 5.75 Å². The van der Waals surface area contributed by atoms with Crippen LogP contribution in [-0.2, 0) is 11.2 Å². The molecule has 3 aromatic carbocycles. The van der Waals surface area contributed by atoms with Crippen molar-refractivity contribution in [3.05, 3.63) is 106 Å². The molecule has 1 N–H and O–H groups in total. The maximum Gasteiger partial charge on any atom is 0.251 e. The Labute approximate surface area is 271 Å². The number of thioether (sulfide) groups is 1. The summed E-state index contributed by atoms with van der Waals surface area (Å²) < 4.78 is 51.5. The Hall–Kier alpha value is -3.47. The zero-order valence-corrected chi connectivity index (χ0v) is 27.5. The molecule has 1 saturated heterocycles. The molecule has 5 rings (SSSR count). The maximum absolute atomic E-state index is 15.5. The van der Waals surface area contributed by atoms with Gasteiger partial charge in [0.25, 0.3) is 5.91 Å². The largest absolute Gasteiger partial charge is 0.494 e. The van der Waals surface area contributed by atoms with E-state index in [2.05, 4.69) is 24.4 Å². The van der Waals surface area contributed by atoms with Gasteiger partial charge in [0.2, 0.25) is 0 Å². The molecular weight excluding hydrogens is 621 g/mol. The highest BCUT2D eigenvalue weighted by molar-refractivity contribution is 7.98. The van der Waals surface area contributed by atoms with Gasteiger partial charge in [0.05, 0.1) is 52.2 Å². The first kappa shape index (κ1) is 32.9. The second-order valence-corrected chi connectivity index (χ2v) is 13.9. The summed E-state index contributed by atoms with van der Waals surface area (Å²) in [5, 5.41) is 3.71. The van der Waals surface area contributed by atoms with Crippen LogP contribution in [0.2, 0.25) is 5.02 Å². The normalized spacial score (nSPS) is 16.4. The molecule has 1 atom stereocenters. The number of amides is 1. The number of carbonyl (C=O) groups excluding carboxylic acids is 1. The van der Waals surface area contributed by atoms with E-state index in [1.165, 1.54) is 49.2 Å². The number of aromatic nitrogens is 2. The van der Waals surface area contributed by atoms with Crippen molar-refractivity contribution in [2.75, 3.05) is 34.3 Å². The third-order valence-corrected chi connectivity index (χ3v) is 9.76. The zero-order chi connectivity index (χ0) is 32.5. The van der Waals surface area contributed by atoms with Crippen molar-refractivity contribution in [2.24, 2.45) is 0 Å². The molecule has 1 fully saturated rings. The predicted molar refractivity (Wildman–Crippen MR) is 172 cm³/mol. The van der Waals surface area contributed by atoms with Crippen LogP contribution in [0.3, 0.4) is 0 Å². The van der Waals surface area contributed by atoms with E-state index in [0.29, 0.717) is 10.8 Å². The summed E-state index contributed by atoms with van der Waals surface area (Å²) in [5.41, 5.74) is 1.90. The van der Waals surface area contributed by atoms with E-state index in [9.17, 15) is 13.6 Å². The zero-order valence-electron chi connectivity index (χ0n) is 26.0. The van der Waals surface area contributed by atoms with Gasteiger partial charge in [-0.3, -0.25) is 9.36 Å². The summed E-state index contributed by atoms with van der Waals surface area (Å²) in [5.74, 6) is -1.55. The number of nitrogens with zero attached hydrogens (tertiary/aromatic N) is 3. The first-order valence-electron chi connectivity index (χ1n) is 14.7. The smallest absolute Gasteiger partial charge is 0.251 e. The molecule has 45 heavy (non-hydrogen) atoms. The molecular formula is C34H37ClF3N4O2S+. The number of hydrogen-bond donors (Lipinski definition) is 1. The number of rotatable bonds is 9. The number of imidazole rings is 1. The van der Waals surface area contributed by atoms with Gasteiger partial charge in [0.15, 0.2) is 16.7 Å². The van der Waals surface area contributed by atoms with E-state index in [0.717, 1.165) is 41.7 Å². The maximum atomic E-state index is 15.5. The summed E-state index contributed by atoms with van der Waals surface area (Å²) in [6, 6.07) is 13.4. The second-order valence-electron chi connectivity index (χ2n) is 12.6. The summed E-state index contributed by atoms with van der Waals surface area (Å²) in [7, 11) is 5.67. The molecule has 0 bridgehead atoms. The number of benzene rings is 3. The highest BCUT2D eigenvalue weighted by Crippen LogP contribution is 2.39. The van der Waals surface area contributed by atoms with E-state index in [1.54, 1.807) is 30.5 Å². The van der Waals surface area contributed by atoms with Gasteiger partial charge in [-0.05, 0) is 66.9 Å². The average molecular weight is 658 g/mol. The number of halogens is 4. The summed E-state index contributed by atoms with van der Waals surface area (Å²) in [4.78, 5) is 17.7. The van der Waals surface area contributed by atoms with Crippen molar-refractivity contribution in [3.63, 3.8) is 0 Å². The lowest BCUT2D eigenvalue weighted by Gasteiger charge is -2.38. The molecule has 0 unspecified atom stereocenters. The lowest BCUT2D eigenvalue weighted by Crippen LogP contribution is -2.55. The van der Waals surface area contributed by atoms with Crippen molar-refractivity contribution in [1.29, 1.82) is 0 Å². The molecule has 6 nitrogen and oxygen atoms in total. The average Bonchev–Trinajstić information content (AvgIpc) is 3.41. The van der Waals surface area contributed by atoms with Crippen molar-refractivity contribution in [1.82, 2.24) is 14.9 Å². The van der Waals surface area contributed by atoms with E-state index < -0.39 is 17.0 Å². The number of methoxy groups -OCH3 is 1. The lowest BCUT2D eigenvalue weighted by molar-refractivity contribution is -0.896. The number of carbonyl (C=O) groups is 1. The molecule has 1 amide bonds. The van der Waals surface area contributed by atoms with E-state index in [-0.39, 0.29) is 45.4 Å². The van der Waals surface area contributed by atoms with Crippen LogP contribution in [0, 0.1) is 17.5 Å². The van der Waals surface area contributed by atoms with Crippen LogP contribution in [0.15, 0.2) is 66.0 Å². The fourth-order valence-electron chi connectivity index (χ4n) is 5.85. The highest BCUT2D eigenvalue weighted by atomic mass is 35.5. The minimum Gasteiger partial charge on any atom is -0.494 e. The van der Waals surface area contributed by atoms with Gasteiger partial charge < -0.3 is 14.5 Å². The number of hydrogen-bond acceptors (Lipinski definition) is 4. The minimum atomic E-state index is -0.689. The fraction of sp³-hybridized carbons (Fsp3) is 0.353. The van der Waals surface area contributed by atoms with E-state index in [1.807, 2.05) is 18.4 Å². The van der Waals surface area contributed by atoms with Gasteiger partial charge in [-0.15, -0.1) is 0 Å².